The molecule has 2 aliphatic rings. The second kappa shape index (κ2) is 5.41. The molecular formula is C14H23N3O. The van der Waals surface area contributed by atoms with Gasteiger partial charge in [-0.3, -0.25) is 0 Å². The normalized spacial score (nSPS) is 24.4. The van der Waals surface area contributed by atoms with Gasteiger partial charge in [0.15, 0.2) is 0 Å². The van der Waals surface area contributed by atoms with Crippen LogP contribution >= 0.6 is 0 Å². The summed E-state index contributed by atoms with van der Waals surface area (Å²) in [6.07, 6.45) is 7.43. The van der Waals surface area contributed by atoms with E-state index in [1.807, 2.05) is 6.33 Å². The van der Waals surface area contributed by atoms with Crippen LogP contribution in [-0.4, -0.2) is 29.3 Å². The molecule has 0 bridgehead atoms. The van der Waals surface area contributed by atoms with Gasteiger partial charge in [0.2, 0.25) is 0 Å². The van der Waals surface area contributed by atoms with Gasteiger partial charge in [-0.25, -0.2) is 4.98 Å². The van der Waals surface area contributed by atoms with Gasteiger partial charge < -0.3 is 14.6 Å². The van der Waals surface area contributed by atoms with Crippen LogP contribution in [0.5, 0.6) is 0 Å². The topological polar surface area (TPSA) is 39.1 Å². The Hall–Kier alpha value is -0.870. The maximum Gasteiger partial charge on any atom is 0.0949 e. The van der Waals surface area contributed by atoms with E-state index in [9.17, 15) is 0 Å². The third-order valence-electron chi connectivity index (χ3n) is 4.28. The number of nitrogens with zero attached hydrogens (tertiary/aromatic N) is 2. The van der Waals surface area contributed by atoms with Crippen LogP contribution in [0.25, 0.3) is 0 Å². The van der Waals surface area contributed by atoms with Crippen molar-refractivity contribution in [3.63, 3.8) is 0 Å². The number of nitrogens with one attached hydrogen (secondary N) is 1. The number of ether oxygens (including phenoxy) is 1. The van der Waals surface area contributed by atoms with Crippen molar-refractivity contribution in [1.82, 2.24) is 14.9 Å². The van der Waals surface area contributed by atoms with Crippen molar-refractivity contribution >= 4 is 0 Å². The molecule has 1 aromatic heterocycles. The van der Waals surface area contributed by atoms with E-state index in [4.69, 9.17) is 4.74 Å². The fraction of sp³-hybridized carbons (Fsp3) is 0.786. The van der Waals surface area contributed by atoms with Gasteiger partial charge in [0.05, 0.1) is 18.6 Å². The predicted molar refractivity (Wildman–Crippen MR) is 70.4 cm³/mol. The summed E-state index contributed by atoms with van der Waals surface area (Å²) in [5, 5.41) is 3.43. The Morgan fingerprint density at radius 2 is 2.22 bits per heavy atom. The highest BCUT2D eigenvalue weighted by atomic mass is 16.5. The maximum absolute atomic E-state index is 5.96. The maximum atomic E-state index is 5.96. The van der Waals surface area contributed by atoms with Gasteiger partial charge in [0.25, 0.3) is 0 Å². The van der Waals surface area contributed by atoms with E-state index in [-0.39, 0.29) is 0 Å². The van der Waals surface area contributed by atoms with Crippen molar-refractivity contribution in [3.8, 4) is 0 Å². The van der Waals surface area contributed by atoms with Crippen LogP contribution in [0.15, 0.2) is 6.33 Å². The van der Waals surface area contributed by atoms with Crippen LogP contribution in [-0.2, 0) is 18.3 Å². The molecule has 18 heavy (non-hydrogen) atoms. The molecule has 4 heteroatoms. The molecule has 1 aliphatic heterocycles. The van der Waals surface area contributed by atoms with Crippen molar-refractivity contribution in [2.24, 2.45) is 13.0 Å². The summed E-state index contributed by atoms with van der Waals surface area (Å²) in [4.78, 5) is 4.44. The van der Waals surface area contributed by atoms with Gasteiger partial charge >= 0.3 is 0 Å². The van der Waals surface area contributed by atoms with Crippen LogP contribution in [0.4, 0.5) is 0 Å². The first-order valence-electron chi connectivity index (χ1n) is 7.13. The van der Waals surface area contributed by atoms with Crippen molar-refractivity contribution in [2.45, 2.75) is 38.1 Å². The van der Waals surface area contributed by atoms with Crippen molar-refractivity contribution in [3.05, 3.63) is 17.7 Å². The highest BCUT2D eigenvalue weighted by molar-refractivity contribution is 5.21. The van der Waals surface area contributed by atoms with Crippen molar-refractivity contribution in [1.29, 1.82) is 0 Å². The Labute approximate surface area is 109 Å². The minimum atomic E-state index is 0.461. The molecule has 0 saturated heterocycles. The first-order valence-corrected chi connectivity index (χ1v) is 7.13. The molecule has 1 fully saturated rings. The second-order valence-corrected chi connectivity index (χ2v) is 5.70. The number of imidazole rings is 1. The zero-order valence-electron chi connectivity index (χ0n) is 11.2. The third kappa shape index (κ3) is 2.45. The van der Waals surface area contributed by atoms with Crippen LogP contribution in [0.2, 0.25) is 0 Å². The summed E-state index contributed by atoms with van der Waals surface area (Å²) in [7, 11) is 2.08. The lowest BCUT2D eigenvalue weighted by atomic mass is 10.0. The molecule has 1 saturated carbocycles. The number of hydrogen-bond acceptors (Lipinski definition) is 3. The van der Waals surface area contributed by atoms with Gasteiger partial charge in [0.1, 0.15) is 0 Å². The van der Waals surface area contributed by atoms with E-state index in [1.54, 1.807) is 0 Å². The van der Waals surface area contributed by atoms with Gasteiger partial charge in [-0.15, -0.1) is 0 Å². The molecule has 1 aromatic rings. The molecule has 0 radical (unpaired) electrons. The molecule has 1 unspecified atom stereocenters. The molecule has 100 valence electrons. The molecule has 1 aliphatic carbocycles. The SMILES string of the molecule is Cn1cnc2c1C(COCC1CCCC1)CNC2. The predicted octanol–water partition coefficient (Wildman–Crippen LogP) is 1.81. The summed E-state index contributed by atoms with van der Waals surface area (Å²) in [6, 6.07) is 0. The lowest BCUT2D eigenvalue weighted by molar-refractivity contribution is 0.0863. The van der Waals surface area contributed by atoms with Gasteiger partial charge in [-0.1, -0.05) is 12.8 Å². The van der Waals surface area contributed by atoms with E-state index < -0.39 is 0 Å². The van der Waals surface area contributed by atoms with Crippen molar-refractivity contribution < 1.29 is 4.74 Å². The highest BCUT2D eigenvalue weighted by Crippen LogP contribution is 2.26. The van der Waals surface area contributed by atoms with Crippen LogP contribution in [0, 0.1) is 5.92 Å². The number of hydrogen-bond donors (Lipinski definition) is 1. The van der Waals surface area contributed by atoms with Gasteiger partial charge in [0, 0.05) is 38.4 Å². The van der Waals surface area contributed by atoms with Crippen LogP contribution in [0.1, 0.15) is 43.0 Å². The van der Waals surface area contributed by atoms with Crippen molar-refractivity contribution in [2.75, 3.05) is 19.8 Å². The number of rotatable bonds is 4. The average Bonchev–Trinajstić information content (AvgIpc) is 3.00. The Bertz CT molecular complexity index is 396. The standard InChI is InChI=1S/C14H23N3O/c1-17-10-16-13-7-15-6-12(14(13)17)9-18-8-11-4-2-3-5-11/h10-12,15H,2-9H2,1H3. The minimum absolute atomic E-state index is 0.461. The molecule has 0 aromatic carbocycles. The Balaban J connectivity index is 1.55. The van der Waals surface area contributed by atoms with E-state index in [2.05, 4.69) is 21.9 Å². The number of aromatic nitrogens is 2. The number of aryl methyl sites for hydroxylation is 1. The van der Waals surface area contributed by atoms with Crippen LogP contribution in [0.3, 0.4) is 0 Å². The fourth-order valence-electron chi connectivity index (χ4n) is 3.30. The van der Waals surface area contributed by atoms with E-state index in [0.29, 0.717) is 5.92 Å². The quantitative estimate of drug-likeness (QED) is 0.884. The lowest BCUT2D eigenvalue weighted by Gasteiger charge is -2.24. The zero-order chi connectivity index (χ0) is 12.4. The summed E-state index contributed by atoms with van der Waals surface area (Å²) < 4.78 is 8.11. The summed E-state index contributed by atoms with van der Waals surface area (Å²) >= 11 is 0. The molecule has 4 nitrogen and oxygen atoms in total. The smallest absolute Gasteiger partial charge is 0.0949 e. The highest BCUT2D eigenvalue weighted by Gasteiger charge is 2.24. The fourth-order valence-corrected chi connectivity index (χ4v) is 3.30. The second-order valence-electron chi connectivity index (χ2n) is 5.70. The monoisotopic (exact) mass is 249 g/mol. The minimum Gasteiger partial charge on any atom is -0.380 e. The third-order valence-corrected chi connectivity index (χ3v) is 4.28. The van der Waals surface area contributed by atoms with Gasteiger partial charge in [-0.2, -0.15) is 0 Å². The molecule has 0 amide bonds. The van der Waals surface area contributed by atoms with Gasteiger partial charge in [-0.05, 0) is 18.8 Å². The average molecular weight is 249 g/mol. The first-order chi connectivity index (χ1) is 8.84. The lowest BCUT2D eigenvalue weighted by Crippen LogP contribution is -2.32. The Kier molecular flexibility index (Phi) is 3.66. The Morgan fingerprint density at radius 3 is 3.06 bits per heavy atom. The van der Waals surface area contributed by atoms with E-state index in [1.165, 1.54) is 37.1 Å². The first kappa shape index (κ1) is 12.2. The summed E-state index contributed by atoms with van der Waals surface area (Å²) in [5.41, 5.74) is 2.55. The number of fused-ring (bicyclic) bond motifs is 1. The van der Waals surface area contributed by atoms with E-state index >= 15 is 0 Å². The summed E-state index contributed by atoms with van der Waals surface area (Å²) in [5.74, 6) is 1.27. The molecule has 1 atom stereocenters. The van der Waals surface area contributed by atoms with E-state index in [0.717, 1.165) is 32.2 Å². The molecule has 1 N–H and O–H groups in total. The Morgan fingerprint density at radius 1 is 1.39 bits per heavy atom. The molecular weight excluding hydrogens is 226 g/mol. The largest absolute Gasteiger partial charge is 0.380 e. The zero-order valence-corrected chi connectivity index (χ0v) is 11.2. The summed E-state index contributed by atoms with van der Waals surface area (Å²) in [6.45, 7) is 3.69. The van der Waals surface area contributed by atoms with Crippen LogP contribution < -0.4 is 5.32 Å². The molecule has 3 rings (SSSR count). The molecule has 0 spiro atoms. The molecule has 2 heterocycles.